The van der Waals surface area contributed by atoms with E-state index in [0.29, 0.717) is 18.5 Å². The van der Waals surface area contributed by atoms with Crippen molar-refractivity contribution < 1.29 is 19.1 Å². The predicted octanol–water partition coefficient (Wildman–Crippen LogP) is 3.88. The van der Waals surface area contributed by atoms with E-state index < -0.39 is 6.09 Å². The molecule has 4 rings (SSSR count). The van der Waals surface area contributed by atoms with Crippen molar-refractivity contribution in [3.8, 4) is 0 Å². The van der Waals surface area contributed by atoms with E-state index in [0.717, 1.165) is 43.4 Å². The SMILES string of the molecule is O=C(O)N[C@@H](CCN1C2CCC1CC(NC(=O)Cc1ccc(F)cc1)C2)c1ccccc1. The first-order valence-corrected chi connectivity index (χ1v) is 11.3. The number of carbonyl (C=O) groups is 2. The van der Waals surface area contributed by atoms with Crippen molar-refractivity contribution in [3.63, 3.8) is 0 Å². The molecular formula is C25H30FN3O3. The summed E-state index contributed by atoms with van der Waals surface area (Å²) in [5.74, 6) is -0.324. The van der Waals surface area contributed by atoms with Gasteiger partial charge in [0.2, 0.25) is 5.91 Å². The number of benzene rings is 2. The van der Waals surface area contributed by atoms with Crippen molar-refractivity contribution >= 4 is 12.0 Å². The van der Waals surface area contributed by atoms with Crippen molar-refractivity contribution in [2.45, 2.75) is 62.7 Å². The third-order valence-electron chi connectivity index (χ3n) is 6.70. The van der Waals surface area contributed by atoms with Crippen molar-refractivity contribution in [1.82, 2.24) is 15.5 Å². The fraction of sp³-hybridized carbons (Fsp3) is 0.440. The van der Waals surface area contributed by atoms with Crippen LogP contribution < -0.4 is 10.6 Å². The summed E-state index contributed by atoms with van der Waals surface area (Å²) in [5, 5.41) is 15.1. The molecule has 2 aromatic rings. The Kier molecular flexibility index (Phi) is 7.05. The lowest BCUT2D eigenvalue weighted by Gasteiger charge is -2.39. The molecule has 2 aliphatic heterocycles. The summed E-state index contributed by atoms with van der Waals surface area (Å²) >= 11 is 0. The number of nitrogens with zero attached hydrogens (tertiary/aromatic N) is 1. The van der Waals surface area contributed by atoms with Crippen LogP contribution >= 0.6 is 0 Å². The van der Waals surface area contributed by atoms with Crippen molar-refractivity contribution in [3.05, 3.63) is 71.5 Å². The molecule has 2 bridgehead atoms. The third-order valence-corrected chi connectivity index (χ3v) is 6.70. The van der Waals surface area contributed by atoms with E-state index in [2.05, 4.69) is 15.5 Å². The van der Waals surface area contributed by atoms with Crippen LogP contribution in [0.25, 0.3) is 0 Å². The number of piperidine rings is 1. The minimum absolute atomic E-state index is 0.0238. The van der Waals surface area contributed by atoms with Crippen LogP contribution in [0.1, 0.15) is 49.3 Å². The molecule has 32 heavy (non-hydrogen) atoms. The lowest BCUT2D eigenvalue weighted by Crippen LogP contribution is -2.51. The van der Waals surface area contributed by atoms with Gasteiger partial charge in [-0.1, -0.05) is 42.5 Å². The van der Waals surface area contributed by atoms with Crippen LogP contribution in [0.15, 0.2) is 54.6 Å². The highest BCUT2D eigenvalue weighted by atomic mass is 19.1. The van der Waals surface area contributed by atoms with E-state index in [1.807, 2.05) is 30.3 Å². The van der Waals surface area contributed by atoms with Crippen molar-refractivity contribution in [2.75, 3.05) is 6.54 Å². The van der Waals surface area contributed by atoms with Gasteiger partial charge in [0.25, 0.3) is 0 Å². The van der Waals surface area contributed by atoms with E-state index in [9.17, 15) is 19.1 Å². The first kappa shape index (κ1) is 22.3. The first-order chi connectivity index (χ1) is 15.5. The van der Waals surface area contributed by atoms with Crippen LogP contribution in [-0.2, 0) is 11.2 Å². The van der Waals surface area contributed by atoms with E-state index >= 15 is 0 Å². The van der Waals surface area contributed by atoms with Gasteiger partial charge in [0.1, 0.15) is 5.82 Å². The summed E-state index contributed by atoms with van der Waals surface area (Å²) in [7, 11) is 0. The van der Waals surface area contributed by atoms with E-state index in [4.69, 9.17) is 0 Å². The maximum atomic E-state index is 13.1. The number of fused-ring (bicyclic) bond motifs is 2. The Morgan fingerprint density at radius 1 is 1.03 bits per heavy atom. The molecule has 6 nitrogen and oxygen atoms in total. The highest BCUT2D eigenvalue weighted by Crippen LogP contribution is 2.36. The summed E-state index contributed by atoms with van der Waals surface area (Å²) in [4.78, 5) is 26.3. The van der Waals surface area contributed by atoms with Gasteiger partial charge in [0.15, 0.2) is 0 Å². The lowest BCUT2D eigenvalue weighted by molar-refractivity contribution is -0.121. The van der Waals surface area contributed by atoms with Gasteiger partial charge in [-0.05, 0) is 55.4 Å². The van der Waals surface area contributed by atoms with Gasteiger partial charge < -0.3 is 15.7 Å². The van der Waals surface area contributed by atoms with E-state index in [-0.39, 0.29) is 30.2 Å². The molecule has 2 saturated heterocycles. The monoisotopic (exact) mass is 439 g/mol. The molecule has 0 aromatic heterocycles. The number of rotatable bonds is 8. The second kappa shape index (κ2) is 10.1. The predicted molar refractivity (Wildman–Crippen MR) is 120 cm³/mol. The van der Waals surface area contributed by atoms with Gasteiger partial charge in [0, 0.05) is 24.7 Å². The molecule has 2 amide bonds. The Balaban J connectivity index is 1.30. The zero-order valence-electron chi connectivity index (χ0n) is 18.0. The summed E-state index contributed by atoms with van der Waals surface area (Å²) in [6.45, 7) is 0.825. The molecule has 3 N–H and O–H groups in total. The maximum absolute atomic E-state index is 13.1. The van der Waals surface area contributed by atoms with Crippen LogP contribution in [-0.4, -0.2) is 46.7 Å². The Labute approximate surface area is 187 Å². The highest BCUT2D eigenvalue weighted by Gasteiger charge is 2.41. The van der Waals surface area contributed by atoms with E-state index in [1.54, 1.807) is 12.1 Å². The Bertz CT molecular complexity index is 908. The van der Waals surface area contributed by atoms with Crippen LogP contribution in [0, 0.1) is 5.82 Å². The van der Waals surface area contributed by atoms with Gasteiger partial charge in [-0.3, -0.25) is 9.69 Å². The number of carboxylic acid groups (broad SMARTS) is 1. The van der Waals surface area contributed by atoms with Gasteiger partial charge in [-0.15, -0.1) is 0 Å². The fourth-order valence-corrected chi connectivity index (χ4v) is 5.26. The van der Waals surface area contributed by atoms with Crippen LogP contribution in [0.3, 0.4) is 0 Å². The Hall–Kier alpha value is -2.93. The maximum Gasteiger partial charge on any atom is 0.405 e. The molecule has 170 valence electrons. The standard InChI is InChI=1S/C25H30FN3O3/c26-19-8-6-17(7-9-19)14-24(30)27-20-15-21-10-11-22(16-20)29(21)13-12-23(28-25(31)32)18-4-2-1-3-5-18/h1-9,20-23,28H,10-16H2,(H,27,30)(H,31,32)/t20?,21?,22?,23-/m0/s1. The Morgan fingerprint density at radius 3 is 2.31 bits per heavy atom. The lowest BCUT2D eigenvalue weighted by atomic mass is 9.95. The van der Waals surface area contributed by atoms with E-state index in [1.165, 1.54) is 12.1 Å². The minimum atomic E-state index is -1.01. The molecule has 2 aliphatic rings. The van der Waals surface area contributed by atoms with Gasteiger partial charge in [-0.25, -0.2) is 9.18 Å². The highest BCUT2D eigenvalue weighted by molar-refractivity contribution is 5.78. The molecular weight excluding hydrogens is 409 g/mol. The zero-order valence-corrected chi connectivity index (χ0v) is 18.0. The molecule has 3 atom stereocenters. The zero-order chi connectivity index (χ0) is 22.5. The van der Waals surface area contributed by atoms with Gasteiger partial charge in [0.05, 0.1) is 12.5 Å². The largest absolute Gasteiger partial charge is 0.465 e. The summed E-state index contributed by atoms with van der Waals surface area (Å²) in [6, 6.07) is 16.5. The average molecular weight is 440 g/mol. The fourth-order valence-electron chi connectivity index (χ4n) is 5.26. The number of hydrogen-bond donors (Lipinski definition) is 3. The summed E-state index contributed by atoms with van der Waals surface area (Å²) < 4.78 is 13.1. The van der Waals surface area contributed by atoms with Crippen LogP contribution in [0.5, 0.6) is 0 Å². The minimum Gasteiger partial charge on any atom is -0.465 e. The quantitative estimate of drug-likeness (QED) is 0.583. The molecule has 2 heterocycles. The topological polar surface area (TPSA) is 81.7 Å². The third kappa shape index (κ3) is 5.65. The molecule has 0 spiro atoms. The summed E-state index contributed by atoms with van der Waals surface area (Å²) in [5.41, 5.74) is 1.78. The van der Waals surface area contributed by atoms with Gasteiger partial charge in [-0.2, -0.15) is 0 Å². The number of nitrogens with one attached hydrogen (secondary N) is 2. The number of hydrogen-bond acceptors (Lipinski definition) is 3. The van der Waals surface area contributed by atoms with Crippen LogP contribution in [0.4, 0.5) is 9.18 Å². The first-order valence-electron chi connectivity index (χ1n) is 11.3. The molecule has 7 heteroatoms. The van der Waals surface area contributed by atoms with Crippen molar-refractivity contribution in [2.24, 2.45) is 0 Å². The summed E-state index contributed by atoms with van der Waals surface area (Å²) in [6.07, 6.45) is 4.00. The van der Waals surface area contributed by atoms with Gasteiger partial charge >= 0.3 is 6.09 Å². The average Bonchev–Trinajstić information content (AvgIpc) is 3.01. The number of halogens is 1. The van der Waals surface area contributed by atoms with Crippen molar-refractivity contribution in [1.29, 1.82) is 0 Å². The molecule has 0 aliphatic carbocycles. The molecule has 2 fully saturated rings. The molecule has 0 saturated carbocycles. The van der Waals surface area contributed by atoms with Crippen LogP contribution in [0.2, 0.25) is 0 Å². The molecule has 2 aromatic carbocycles. The second-order valence-electron chi connectivity index (χ2n) is 8.86. The molecule has 2 unspecified atom stereocenters. The number of carbonyl (C=O) groups excluding carboxylic acids is 1. The number of amides is 2. The Morgan fingerprint density at radius 2 is 1.69 bits per heavy atom. The molecule has 0 radical (unpaired) electrons. The smallest absolute Gasteiger partial charge is 0.405 e. The second-order valence-corrected chi connectivity index (χ2v) is 8.86. The normalized spacial score (nSPS) is 23.5.